The summed E-state index contributed by atoms with van der Waals surface area (Å²) in [6.07, 6.45) is 0. The first-order valence-corrected chi connectivity index (χ1v) is 7.28. The lowest BCUT2D eigenvalue weighted by molar-refractivity contribution is 0.628. The van der Waals surface area contributed by atoms with Crippen LogP contribution in [-0.4, -0.2) is 9.97 Å². The molecule has 5 nitrogen and oxygen atoms in total. The van der Waals surface area contributed by atoms with E-state index in [2.05, 4.69) is 26.7 Å². The number of halogens is 1. The summed E-state index contributed by atoms with van der Waals surface area (Å²) in [6.45, 7) is 1.84. The Morgan fingerprint density at radius 2 is 1.71 bits per heavy atom. The lowest BCUT2D eigenvalue weighted by Crippen LogP contribution is -2.02. The average Bonchev–Trinajstić information content (AvgIpc) is 2.54. The fourth-order valence-corrected chi connectivity index (χ4v) is 2.20. The minimum Gasteiger partial charge on any atom is -0.340 e. The van der Waals surface area contributed by atoms with E-state index >= 15 is 0 Å². The molecule has 2 aromatic carbocycles. The second-order valence-corrected chi connectivity index (χ2v) is 5.17. The van der Waals surface area contributed by atoms with E-state index in [0.717, 1.165) is 11.4 Å². The molecule has 0 radical (unpaired) electrons. The van der Waals surface area contributed by atoms with Crippen LogP contribution in [0.1, 0.15) is 11.3 Å². The maximum Gasteiger partial charge on any atom is 0.229 e. The van der Waals surface area contributed by atoms with Crippen molar-refractivity contribution in [3.63, 3.8) is 0 Å². The third kappa shape index (κ3) is 3.84. The number of hydrogen-bond acceptors (Lipinski definition) is 5. The van der Waals surface area contributed by atoms with Gasteiger partial charge in [-0.15, -0.1) is 0 Å². The summed E-state index contributed by atoms with van der Waals surface area (Å²) in [7, 11) is 0. The average molecular weight is 319 g/mol. The summed E-state index contributed by atoms with van der Waals surface area (Å²) < 4.78 is 13.3. The Kier molecular flexibility index (Phi) is 4.34. The number of anilines is 4. The van der Waals surface area contributed by atoms with Gasteiger partial charge in [0.2, 0.25) is 5.95 Å². The van der Waals surface area contributed by atoms with Crippen molar-refractivity contribution in [1.29, 1.82) is 5.26 Å². The van der Waals surface area contributed by atoms with Gasteiger partial charge in [0.1, 0.15) is 11.6 Å². The Bertz CT molecular complexity index is 917. The zero-order valence-electron chi connectivity index (χ0n) is 12.9. The number of nitrogens with zero attached hydrogens (tertiary/aromatic N) is 3. The number of hydrogen-bond donors (Lipinski definition) is 2. The Morgan fingerprint density at radius 1 is 0.958 bits per heavy atom. The van der Waals surface area contributed by atoms with Crippen molar-refractivity contribution in [2.24, 2.45) is 0 Å². The Morgan fingerprint density at radius 3 is 2.46 bits per heavy atom. The van der Waals surface area contributed by atoms with Crippen molar-refractivity contribution in [3.05, 3.63) is 71.7 Å². The molecule has 0 aliphatic rings. The van der Waals surface area contributed by atoms with Crippen LogP contribution >= 0.6 is 0 Å². The normalized spacial score (nSPS) is 10.0. The van der Waals surface area contributed by atoms with Crippen LogP contribution in [0.3, 0.4) is 0 Å². The molecule has 0 atom stereocenters. The van der Waals surface area contributed by atoms with Gasteiger partial charge in [-0.2, -0.15) is 10.2 Å². The highest BCUT2D eigenvalue weighted by Crippen LogP contribution is 2.20. The molecule has 118 valence electrons. The van der Waals surface area contributed by atoms with E-state index in [-0.39, 0.29) is 5.82 Å². The molecule has 6 heteroatoms. The molecule has 0 spiro atoms. The standard InChI is InChI=1S/C18H14FN5/c1-12-8-17(22-15-6-2-4-13(9-15)11-20)24-18(21-12)23-16-7-3-5-14(19)10-16/h2-10H,1H3,(H2,21,22,23,24). The lowest BCUT2D eigenvalue weighted by atomic mass is 10.2. The number of nitrogens with one attached hydrogen (secondary N) is 2. The highest BCUT2D eigenvalue weighted by molar-refractivity contribution is 5.61. The topological polar surface area (TPSA) is 73.6 Å². The van der Waals surface area contributed by atoms with Crippen molar-refractivity contribution in [3.8, 4) is 6.07 Å². The predicted molar refractivity (Wildman–Crippen MR) is 90.9 cm³/mol. The predicted octanol–water partition coefficient (Wildman–Crippen LogP) is 4.28. The molecule has 3 rings (SSSR count). The van der Waals surface area contributed by atoms with Crippen LogP contribution in [0.15, 0.2) is 54.6 Å². The Hall–Kier alpha value is -3.46. The minimum absolute atomic E-state index is 0.334. The van der Waals surface area contributed by atoms with Crippen molar-refractivity contribution >= 4 is 23.1 Å². The summed E-state index contributed by atoms with van der Waals surface area (Å²) in [6, 6.07) is 17.1. The van der Waals surface area contributed by atoms with Gasteiger partial charge in [0.05, 0.1) is 11.6 Å². The molecule has 0 unspecified atom stereocenters. The summed E-state index contributed by atoms with van der Waals surface area (Å²) in [5, 5.41) is 15.1. The molecule has 0 saturated carbocycles. The number of benzene rings is 2. The number of aryl methyl sites for hydroxylation is 1. The van der Waals surface area contributed by atoms with Gasteiger partial charge in [-0.3, -0.25) is 0 Å². The van der Waals surface area contributed by atoms with E-state index in [4.69, 9.17) is 5.26 Å². The zero-order chi connectivity index (χ0) is 16.9. The minimum atomic E-state index is -0.334. The fraction of sp³-hybridized carbons (Fsp3) is 0.0556. The molecule has 0 saturated heterocycles. The molecule has 0 aliphatic heterocycles. The van der Waals surface area contributed by atoms with Crippen molar-refractivity contribution < 1.29 is 4.39 Å². The van der Waals surface area contributed by atoms with Crippen LogP contribution in [0.2, 0.25) is 0 Å². The molecule has 0 amide bonds. The Labute approximate surface area is 138 Å². The zero-order valence-corrected chi connectivity index (χ0v) is 12.9. The molecule has 1 aromatic heterocycles. The first-order chi connectivity index (χ1) is 11.6. The van der Waals surface area contributed by atoms with Gasteiger partial charge in [-0.1, -0.05) is 12.1 Å². The molecule has 0 fully saturated rings. The van der Waals surface area contributed by atoms with Crippen LogP contribution in [0.25, 0.3) is 0 Å². The van der Waals surface area contributed by atoms with Crippen molar-refractivity contribution in [2.45, 2.75) is 6.92 Å². The SMILES string of the molecule is Cc1cc(Nc2cccc(C#N)c2)nc(Nc2cccc(F)c2)n1. The van der Waals surface area contributed by atoms with Gasteiger partial charge >= 0.3 is 0 Å². The maximum atomic E-state index is 13.3. The van der Waals surface area contributed by atoms with Crippen LogP contribution in [0.4, 0.5) is 27.5 Å². The number of nitriles is 1. The highest BCUT2D eigenvalue weighted by atomic mass is 19.1. The maximum absolute atomic E-state index is 13.3. The Balaban J connectivity index is 1.84. The molecular formula is C18H14FN5. The van der Waals surface area contributed by atoms with E-state index in [1.54, 1.807) is 36.4 Å². The number of aromatic nitrogens is 2. The molecule has 3 aromatic rings. The van der Waals surface area contributed by atoms with Crippen molar-refractivity contribution in [1.82, 2.24) is 9.97 Å². The molecular weight excluding hydrogens is 305 g/mol. The van der Waals surface area contributed by atoms with E-state index in [1.807, 2.05) is 13.0 Å². The first kappa shape index (κ1) is 15.4. The second kappa shape index (κ2) is 6.75. The van der Waals surface area contributed by atoms with Crippen LogP contribution < -0.4 is 10.6 Å². The van der Waals surface area contributed by atoms with Gasteiger partial charge < -0.3 is 10.6 Å². The van der Waals surface area contributed by atoms with Crippen LogP contribution in [0.5, 0.6) is 0 Å². The molecule has 24 heavy (non-hydrogen) atoms. The summed E-state index contributed by atoms with van der Waals surface area (Å²) in [5.41, 5.74) is 2.63. The van der Waals surface area contributed by atoms with Gasteiger partial charge in [0.15, 0.2) is 0 Å². The molecule has 2 N–H and O–H groups in total. The van der Waals surface area contributed by atoms with E-state index in [0.29, 0.717) is 23.0 Å². The number of rotatable bonds is 4. The largest absolute Gasteiger partial charge is 0.340 e. The fourth-order valence-electron chi connectivity index (χ4n) is 2.20. The molecule has 0 bridgehead atoms. The second-order valence-electron chi connectivity index (χ2n) is 5.17. The third-order valence-electron chi connectivity index (χ3n) is 3.20. The summed E-state index contributed by atoms with van der Waals surface area (Å²) in [4.78, 5) is 8.67. The van der Waals surface area contributed by atoms with Gasteiger partial charge in [0, 0.05) is 23.1 Å². The molecule has 0 aliphatic carbocycles. The van der Waals surface area contributed by atoms with Gasteiger partial charge in [-0.05, 0) is 43.3 Å². The monoisotopic (exact) mass is 319 g/mol. The van der Waals surface area contributed by atoms with Gasteiger partial charge in [0.25, 0.3) is 0 Å². The van der Waals surface area contributed by atoms with Crippen LogP contribution in [-0.2, 0) is 0 Å². The smallest absolute Gasteiger partial charge is 0.229 e. The van der Waals surface area contributed by atoms with Crippen LogP contribution in [0, 0.1) is 24.1 Å². The summed E-state index contributed by atoms with van der Waals surface area (Å²) >= 11 is 0. The van der Waals surface area contributed by atoms with E-state index < -0.39 is 0 Å². The summed E-state index contributed by atoms with van der Waals surface area (Å²) in [5.74, 6) is 0.607. The van der Waals surface area contributed by atoms with Gasteiger partial charge in [-0.25, -0.2) is 9.37 Å². The highest BCUT2D eigenvalue weighted by Gasteiger charge is 2.05. The van der Waals surface area contributed by atoms with E-state index in [1.165, 1.54) is 12.1 Å². The molecule has 1 heterocycles. The third-order valence-corrected chi connectivity index (χ3v) is 3.20. The quantitative estimate of drug-likeness (QED) is 0.750. The lowest BCUT2D eigenvalue weighted by Gasteiger charge is -2.10. The first-order valence-electron chi connectivity index (χ1n) is 7.28. The van der Waals surface area contributed by atoms with E-state index in [9.17, 15) is 4.39 Å². The van der Waals surface area contributed by atoms with Crippen molar-refractivity contribution in [2.75, 3.05) is 10.6 Å².